The highest BCUT2D eigenvalue weighted by Gasteiger charge is 2.10. The average molecular weight is 244 g/mol. The molecule has 0 saturated heterocycles. The van der Waals surface area contributed by atoms with Crippen LogP contribution in [0.25, 0.3) is 0 Å². The van der Waals surface area contributed by atoms with E-state index in [9.17, 15) is 4.21 Å². The van der Waals surface area contributed by atoms with Crippen molar-refractivity contribution in [3.8, 4) is 0 Å². The molecule has 0 amide bonds. The van der Waals surface area contributed by atoms with Crippen molar-refractivity contribution < 1.29 is 4.21 Å². The second kappa shape index (κ2) is 5.75. The van der Waals surface area contributed by atoms with E-state index in [-0.39, 0.29) is 0 Å². The molecular formula is C14H14NOS. The fraction of sp³-hybridized carbons (Fsp3) is 0.143. The van der Waals surface area contributed by atoms with Gasteiger partial charge in [-0.25, -0.2) is 8.51 Å². The van der Waals surface area contributed by atoms with Gasteiger partial charge in [0.15, 0.2) is 0 Å². The monoisotopic (exact) mass is 244 g/mol. The molecule has 2 rings (SSSR count). The molecule has 0 aliphatic rings. The molecule has 2 aromatic rings. The molecule has 2 aromatic carbocycles. The maximum absolute atomic E-state index is 12.2. The predicted octanol–water partition coefficient (Wildman–Crippen LogP) is 2.64. The van der Waals surface area contributed by atoms with E-state index in [1.54, 1.807) is 4.31 Å². The summed E-state index contributed by atoms with van der Waals surface area (Å²) >= 11 is 0. The van der Waals surface area contributed by atoms with E-state index in [2.05, 4.69) is 6.07 Å². The minimum Gasteiger partial charge on any atom is -0.237 e. The quantitative estimate of drug-likeness (QED) is 0.809. The highest BCUT2D eigenvalue weighted by atomic mass is 32.2. The molecule has 0 N–H and O–H groups in total. The smallest absolute Gasteiger partial charge is 0.127 e. The maximum atomic E-state index is 12.2. The fourth-order valence-corrected chi connectivity index (χ4v) is 2.55. The van der Waals surface area contributed by atoms with Crippen molar-refractivity contribution in [2.45, 2.75) is 11.4 Å². The van der Waals surface area contributed by atoms with Crippen LogP contribution in [0, 0.1) is 6.07 Å². The number of hydrogen-bond acceptors (Lipinski definition) is 1. The number of rotatable bonds is 4. The van der Waals surface area contributed by atoms with Gasteiger partial charge in [0.1, 0.15) is 11.0 Å². The van der Waals surface area contributed by atoms with Gasteiger partial charge in [-0.1, -0.05) is 42.5 Å². The summed E-state index contributed by atoms with van der Waals surface area (Å²) in [5.41, 5.74) is 1.04. The number of hydrogen-bond donors (Lipinski definition) is 0. The normalized spacial score (nSPS) is 12.6. The Bertz CT molecular complexity index is 484. The molecule has 17 heavy (non-hydrogen) atoms. The summed E-state index contributed by atoms with van der Waals surface area (Å²) in [7, 11) is 0.736. The van der Waals surface area contributed by atoms with Crippen LogP contribution in [0.15, 0.2) is 59.5 Å². The van der Waals surface area contributed by atoms with Gasteiger partial charge in [0.05, 0.1) is 4.90 Å². The zero-order valence-electron chi connectivity index (χ0n) is 9.67. The molecule has 1 radical (unpaired) electrons. The minimum atomic E-state index is -1.12. The Labute approximate surface area is 104 Å². The molecule has 1 unspecified atom stereocenters. The first kappa shape index (κ1) is 12.0. The number of nitrogens with zero attached hydrogens (tertiary/aromatic N) is 1. The lowest BCUT2D eigenvalue weighted by atomic mass is 10.2. The lowest BCUT2D eigenvalue weighted by Crippen LogP contribution is -2.20. The molecule has 2 nitrogen and oxygen atoms in total. The average Bonchev–Trinajstić information content (AvgIpc) is 2.40. The molecule has 3 heteroatoms. The van der Waals surface area contributed by atoms with Crippen LogP contribution in [0.2, 0.25) is 0 Å². The van der Waals surface area contributed by atoms with Crippen molar-refractivity contribution in [1.29, 1.82) is 0 Å². The maximum Gasteiger partial charge on any atom is 0.127 e. The Morgan fingerprint density at radius 2 is 1.82 bits per heavy atom. The van der Waals surface area contributed by atoms with Gasteiger partial charge < -0.3 is 0 Å². The van der Waals surface area contributed by atoms with E-state index in [0.717, 1.165) is 10.5 Å². The van der Waals surface area contributed by atoms with Crippen molar-refractivity contribution in [2.75, 3.05) is 7.05 Å². The lowest BCUT2D eigenvalue weighted by Gasteiger charge is -2.15. The van der Waals surface area contributed by atoms with Gasteiger partial charge in [0.2, 0.25) is 0 Å². The van der Waals surface area contributed by atoms with Gasteiger partial charge in [-0.2, -0.15) is 0 Å². The summed E-state index contributed by atoms with van der Waals surface area (Å²) in [6, 6.07) is 20.3. The Hall–Kier alpha value is -1.45. The van der Waals surface area contributed by atoms with Crippen molar-refractivity contribution in [3.63, 3.8) is 0 Å². The summed E-state index contributed by atoms with van der Waals surface area (Å²) in [4.78, 5) is 0.825. The largest absolute Gasteiger partial charge is 0.237 e. The highest BCUT2D eigenvalue weighted by Crippen LogP contribution is 2.11. The third-order valence-corrected chi connectivity index (χ3v) is 3.77. The Morgan fingerprint density at radius 1 is 1.12 bits per heavy atom. The van der Waals surface area contributed by atoms with Crippen LogP contribution in [-0.4, -0.2) is 15.6 Å². The van der Waals surface area contributed by atoms with Gasteiger partial charge in [-0.05, 0) is 23.8 Å². The van der Waals surface area contributed by atoms with E-state index in [1.165, 1.54) is 0 Å². The number of benzene rings is 2. The van der Waals surface area contributed by atoms with Crippen LogP contribution in [-0.2, 0) is 17.5 Å². The molecule has 0 spiro atoms. The standard InChI is InChI=1S/C14H14NOS/c1-15(12-13-8-4-2-5-9-13)17(16)14-10-6-3-7-11-14/h2-8,10-11H,12H2,1H3. The van der Waals surface area contributed by atoms with Crippen LogP contribution >= 0.6 is 0 Å². The molecule has 0 aliphatic heterocycles. The summed E-state index contributed by atoms with van der Waals surface area (Å²) in [6.45, 7) is 0.627. The Kier molecular flexibility index (Phi) is 4.07. The lowest BCUT2D eigenvalue weighted by molar-refractivity contribution is 0.519. The van der Waals surface area contributed by atoms with Crippen molar-refractivity contribution in [3.05, 3.63) is 66.2 Å². The van der Waals surface area contributed by atoms with Gasteiger partial charge in [0, 0.05) is 13.6 Å². The first-order valence-corrected chi connectivity index (χ1v) is 6.52. The van der Waals surface area contributed by atoms with Crippen LogP contribution in [0.1, 0.15) is 5.56 Å². The summed E-state index contributed by atoms with van der Waals surface area (Å²) in [5, 5.41) is 0. The van der Waals surface area contributed by atoms with Gasteiger partial charge in [-0.3, -0.25) is 0 Å². The van der Waals surface area contributed by atoms with Gasteiger partial charge in [-0.15, -0.1) is 0 Å². The van der Waals surface area contributed by atoms with E-state index in [1.807, 2.05) is 61.6 Å². The van der Waals surface area contributed by atoms with Crippen LogP contribution in [0.5, 0.6) is 0 Å². The van der Waals surface area contributed by atoms with E-state index >= 15 is 0 Å². The summed E-state index contributed by atoms with van der Waals surface area (Å²) in [6.07, 6.45) is 0. The third kappa shape index (κ3) is 3.25. The molecule has 0 aliphatic carbocycles. The second-order valence-corrected chi connectivity index (χ2v) is 5.33. The van der Waals surface area contributed by atoms with E-state index < -0.39 is 11.0 Å². The van der Waals surface area contributed by atoms with Crippen LogP contribution < -0.4 is 0 Å². The topological polar surface area (TPSA) is 20.3 Å². The van der Waals surface area contributed by atoms with Crippen LogP contribution in [0.4, 0.5) is 0 Å². The summed E-state index contributed by atoms with van der Waals surface area (Å²) in [5.74, 6) is 0. The van der Waals surface area contributed by atoms with Crippen LogP contribution in [0.3, 0.4) is 0 Å². The molecule has 0 fully saturated rings. The van der Waals surface area contributed by atoms with Gasteiger partial charge >= 0.3 is 0 Å². The fourth-order valence-electron chi connectivity index (χ4n) is 1.54. The molecular weight excluding hydrogens is 230 g/mol. The van der Waals surface area contributed by atoms with E-state index in [4.69, 9.17) is 0 Å². The summed E-state index contributed by atoms with van der Waals surface area (Å²) < 4.78 is 14.0. The molecule has 87 valence electrons. The zero-order chi connectivity index (χ0) is 12.1. The molecule has 0 saturated carbocycles. The second-order valence-electron chi connectivity index (χ2n) is 3.74. The molecule has 1 atom stereocenters. The van der Waals surface area contributed by atoms with Crippen molar-refractivity contribution in [1.82, 2.24) is 4.31 Å². The third-order valence-electron chi connectivity index (χ3n) is 2.39. The van der Waals surface area contributed by atoms with Gasteiger partial charge in [0.25, 0.3) is 0 Å². The first-order chi connectivity index (χ1) is 8.27. The molecule has 0 bridgehead atoms. The zero-order valence-corrected chi connectivity index (χ0v) is 10.5. The Balaban J connectivity index is 2.06. The highest BCUT2D eigenvalue weighted by molar-refractivity contribution is 7.82. The molecule has 0 heterocycles. The van der Waals surface area contributed by atoms with Crippen molar-refractivity contribution >= 4 is 11.0 Å². The predicted molar refractivity (Wildman–Crippen MR) is 69.6 cm³/mol. The minimum absolute atomic E-state index is 0.627. The SMILES string of the molecule is CN(Cc1[c]cccc1)S(=O)c1ccccc1. The Morgan fingerprint density at radius 3 is 2.47 bits per heavy atom. The van der Waals surface area contributed by atoms with E-state index in [0.29, 0.717) is 6.54 Å². The molecule has 0 aromatic heterocycles. The first-order valence-electron chi connectivity index (χ1n) is 5.41. The van der Waals surface area contributed by atoms with Crippen molar-refractivity contribution in [2.24, 2.45) is 0 Å².